The summed E-state index contributed by atoms with van der Waals surface area (Å²) in [6, 6.07) is 54.3. The van der Waals surface area contributed by atoms with E-state index < -0.39 is 21.4 Å². The van der Waals surface area contributed by atoms with Gasteiger partial charge < -0.3 is 18.6 Å². The lowest BCUT2D eigenvalue weighted by molar-refractivity contribution is 0.592. The van der Waals surface area contributed by atoms with Crippen LogP contribution in [0.25, 0.3) is 0 Å². The second kappa shape index (κ2) is 11.8. The first-order chi connectivity index (χ1) is 24.8. The van der Waals surface area contributed by atoms with Crippen molar-refractivity contribution in [1.82, 2.24) is 0 Å². The Kier molecular flexibility index (Phi) is 7.39. The maximum atomic E-state index is 16.5. The highest BCUT2D eigenvalue weighted by Crippen LogP contribution is 2.61. The van der Waals surface area contributed by atoms with Gasteiger partial charge in [-0.25, -0.2) is 0 Å². The van der Waals surface area contributed by atoms with Gasteiger partial charge in [0.15, 0.2) is 21.4 Å². The molecule has 0 spiro atoms. The van der Waals surface area contributed by atoms with Crippen molar-refractivity contribution < 1.29 is 13.7 Å². The Bertz CT molecular complexity index is 2470. The van der Waals surface area contributed by atoms with E-state index in [1.807, 2.05) is 184 Å². The highest BCUT2D eigenvalue weighted by molar-refractivity contribution is 7.89. The zero-order valence-corrected chi connectivity index (χ0v) is 30.9. The number of anilines is 3. The molecular weight excluding hydrogens is 683 g/mol. The van der Waals surface area contributed by atoms with Gasteiger partial charge in [0.1, 0.15) is 0 Å². The number of hydrogen-bond donors (Lipinski definition) is 0. The molecule has 0 fully saturated rings. The van der Waals surface area contributed by atoms with E-state index in [0.717, 1.165) is 22.5 Å². The number of hydrogen-bond acceptors (Lipinski definition) is 4. The highest BCUT2D eigenvalue weighted by atomic mass is 31.2. The number of fused-ring (bicyclic) bond motifs is 4. The molecule has 2 unspecified atom stereocenters. The van der Waals surface area contributed by atoms with Crippen LogP contribution in [-0.2, 0) is 13.7 Å². The topological polar surface area (TPSA) is 54.5 Å². The number of rotatable bonds is 5. The third kappa shape index (κ3) is 4.57. The zero-order chi connectivity index (χ0) is 35.0. The van der Waals surface area contributed by atoms with Crippen molar-refractivity contribution in [3.8, 4) is 0 Å². The summed E-state index contributed by atoms with van der Waals surface area (Å²) in [6.07, 6.45) is 0. The van der Waals surface area contributed by atoms with Crippen molar-refractivity contribution >= 4 is 86.2 Å². The van der Waals surface area contributed by atoms with Crippen molar-refractivity contribution in [2.45, 2.75) is 13.8 Å². The van der Waals surface area contributed by atoms with Crippen LogP contribution >= 0.6 is 21.4 Å². The van der Waals surface area contributed by atoms with Crippen LogP contribution in [-0.4, -0.2) is 0 Å². The highest BCUT2D eigenvalue weighted by Gasteiger charge is 2.51. The van der Waals surface area contributed by atoms with Gasteiger partial charge in [-0.05, 0) is 50.2 Å². The second-order valence-corrected chi connectivity index (χ2v) is 21.5. The Morgan fingerprint density at radius 3 is 1.20 bits per heavy atom. The van der Waals surface area contributed by atoms with Crippen molar-refractivity contribution in [2.75, 3.05) is 4.90 Å². The van der Waals surface area contributed by atoms with Crippen LogP contribution in [0.5, 0.6) is 0 Å². The first-order valence-electron chi connectivity index (χ1n) is 17.0. The minimum atomic E-state index is -3.65. The number of nitrogens with zero attached hydrogens (tertiary/aromatic N) is 1. The lowest BCUT2D eigenvalue weighted by Crippen LogP contribution is -2.47. The molecule has 0 saturated carbocycles. The molecule has 7 aromatic rings. The van der Waals surface area contributed by atoms with Crippen molar-refractivity contribution in [3.63, 3.8) is 0 Å². The Hall–Kier alpha value is -4.97. The van der Waals surface area contributed by atoms with Gasteiger partial charge in [-0.3, -0.25) is 0 Å². The molecule has 0 radical (unpaired) electrons. The van der Waals surface area contributed by atoms with E-state index in [9.17, 15) is 0 Å². The Morgan fingerprint density at radius 1 is 0.431 bits per heavy atom. The molecule has 4 nitrogen and oxygen atoms in total. The van der Waals surface area contributed by atoms with E-state index in [1.54, 1.807) is 0 Å². The van der Waals surface area contributed by atoms with Gasteiger partial charge in [0.2, 0.25) is 0 Å². The molecule has 0 amide bonds. The van der Waals surface area contributed by atoms with Crippen LogP contribution in [0.2, 0.25) is 0 Å². The smallest absolute Gasteiger partial charge is 0.175 e. The Morgan fingerprint density at radius 2 is 0.804 bits per heavy atom. The molecule has 0 bridgehead atoms. The lowest BCUT2D eigenvalue weighted by Gasteiger charge is -2.45. The van der Waals surface area contributed by atoms with Gasteiger partial charge in [-0.1, -0.05) is 145 Å². The van der Waals surface area contributed by atoms with E-state index >= 15 is 13.7 Å². The average Bonchev–Trinajstić information content (AvgIpc) is 3.18. The molecule has 7 heteroatoms. The van der Waals surface area contributed by atoms with Gasteiger partial charge in [0.05, 0.1) is 17.1 Å². The summed E-state index contributed by atoms with van der Waals surface area (Å²) in [7, 11) is -10.9. The molecule has 0 N–H and O–H groups in total. The third-order valence-electron chi connectivity index (χ3n) is 10.2. The SMILES string of the molecule is Cc1ccc2c(c1)P(=O)(c1ccccc1)c1cc(P(=O)(c3ccccc3)c3ccccc3)cc3c1N2c1ccc(C)cc1P3(=O)c1ccccc1. The summed E-state index contributed by atoms with van der Waals surface area (Å²) >= 11 is 0. The molecule has 0 aromatic heterocycles. The standard InChI is InChI=1S/C44H34NO3P3/c1-31-23-25-38-40(27-31)50(47,35-19-11-5-12-20-35)42-29-37(49(46,33-15-7-3-8-16-33)34-17-9-4-10-18-34)30-43-44(42)45(38)39-26-24-32(2)28-41(39)51(43,48)36-21-13-6-14-22-36/h3-30H,1-2H3. The fraction of sp³-hybridized carbons (Fsp3) is 0.0455. The van der Waals surface area contributed by atoms with E-state index in [-0.39, 0.29) is 0 Å². The Balaban J connectivity index is 1.51. The third-order valence-corrected chi connectivity index (χ3v) is 19.4. The summed E-state index contributed by atoms with van der Waals surface area (Å²) in [5, 5.41) is 5.69. The van der Waals surface area contributed by atoms with Crippen LogP contribution in [0.3, 0.4) is 0 Å². The zero-order valence-electron chi connectivity index (χ0n) is 28.2. The quantitative estimate of drug-likeness (QED) is 0.175. The fourth-order valence-electron chi connectivity index (χ4n) is 7.82. The van der Waals surface area contributed by atoms with Crippen molar-refractivity contribution in [3.05, 3.63) is 181 Å². The molecule has 2 aliphatic heterocycles. The second-order valence-electron chi connectivity index (χ2n) is 13.3. The van der Waals surface area contributed by atoms with E-state index in [1.165, 1.54) is 0 Å². The van der Waals surface area contributed by atoms with Gasteiger partial charge in [-0.15, -0.1) is 0 Å². The molecular formula is C44H34NO3P3. The molecule has 0 aliphatic carbocycles. The maximum Gasteiger partial charge on any atom is 0.175 e. The first-order valence-corrected chi connectivity index (χ1v) is 22.1. The first kappa shape index (κ1) is 32.0. The minimum absolute atomic E-state index is 0.508. The molecule has 51 heavy (non-hydrogen) atoms. The minimum Gasteiger partial charge on any atom is -0.309 e. The fourth-order valence-corrected chi connectivity index (χ4v) is 17.1. The predicted molar refractivity (Wildman–Crippen MR) is 216 cm³/mol. The molecule has 7 aromatic carbocycles. The summed E-state index contributed by atoms with van der Waals surface area (Å²) < 4.78 is 49.2. The van der Waals surface area contributed by atoms with Crippen LogP contribution in [0.15, 0.2) is 170 Å². The van der Waals surface area contributed by atoms with Gasteiger partial charge in [0, 0.05) is 47.7 Å². The normalized spacial score (nSPS) is 18.7. The predicted octanol–water partition coefficient (Wildman–Crippen LogP) is 7.32. The number of aryl methyl sites for hydroxylation is 2. The van der Waals surface area contributed by atoms with Crippen LogP contribution in [0.1, 0.15) is 11.1 Å². The van der Waals surface area contributed by atoms with Crippen LogP contribution in [0.4, 0.5) is 17.1 Å². The van der Waals surface area contributed by atoms with Crippen LogP contribution < -0.4 is 52.6 Å². The van der Waals surface area contributed by atoms with Crippen molar-refractivity contribution in [1.29, 1.82) is 0 Å². The Labute approximate surface area is 298 Å². The summed E-state index contributed by atoms with van der Waals surface area (Å²) in [4.78, 5) is 2.16. The molecule has 2 atom stereocenters. The monoisotopic (exact) mass is 717 g/mol. The lowest BCUT2D eigenvalue weighted by atomic mass is 10.1. The molecule has 0 saturated heterocycles. The van der Waals surface area contributed by atoms with Gasteiger partial charge >= 0.3 is 0 Å². The summed E-state index contributed by atoms with van der Waals surface area (Å²) in [5.74, 6) is 0. The average molecular weight is 718 g/mol. The maximum absolute atomic E-state index is 16.5. The van der Waals surface area contributed by atoms with E-state index in [2.05, 4.69) is 4.90 Å². The van der Waals surface area contributed by atoms with Crippen molar-refractivity contribution in [2.24, 2.45) is 0 Å². The number of benzene rings is 7. The largest absolute Gasteiger partial charge is 0.309 e. The summed E-state index contributed by atoms with van der Waals surface area (Å²) in [6.45, 7) is 4.03. The molecule has 248 valence electrons. The van der Waals surface area contributed by atoms with E-state index in [4.69, 9.17) is 0 Å². The molecule has 2 heterocycles. The van der Waals surface area contributed by atoms with Crippen LogP contribution in [0, 0.1) is 13.8 Å². The molecule has 9 rings (SSSR count). The van der Waals surface area contributed by atoms with Gasteiger partial charge in [-0.2, -0.15) is 0 Å². The summed E-state index contributed by atoms with van der Waals surface area (Å²) in [5.41, 5.74) is 4.22. The van der Waals surface area contributed by atoms with Gasteiger partial charge in [0.25, 0.3) is 0 Å². The van der Waals surface area contributed by atoms with E-state index in [0.29, 0.717) is 53.4 Å². The molecule has 2 aliphatic rings.